The van der Waals surface area contributed by atoms with E-state index >= 15 is 0 Å². The van der Waals surface area contributed by atoms with Gasteiger partial charge >= 0.3 is 0 Å². The molecule has 0 aliphatic heterocycles. The molecule has 9 heteroatoms. The lowest BCUT2D eigenvalue weighted by molar-refractivity contribution is -0.119. The van der Waals surface area contributed by atoms with Crippen molar-refractivity contribution in [1.29, 1.82) is 0 Å². The predicted molar refractivity (Wildman–Crippen MR) is 116 cm³/mol. The van der Waals surface area contributed by atoms with Gasteiger partial charge in [-0.05, 0) is 42.0 Å². The average Bonchev–Trinajstić information content (AvgIpc) is 2.74. The summed E-state index contributed by atoms with van der Waals surface area (Å²) in [4.78, 5) is 12.6. The first-order valence-electron chi connectivity index (χ1n) is 8.82. The third-order valence-electron chi connectivity index (χ3n) is 4.22. The maximum absolute atomic E-state index is 13.2. The molecule has 0 aliphatic carbocycles. The Balaban J connectivity index is 1.89. The molecule has 0 saturated carbocycles. The smallest absolute Gasteiger partial charge is 0.264 e. The highest BCUT2D eigenvalue weighted by Crippen LogP contribution is 2.35. The lowest BCUT2D eigenvalue weighted by atomic mass is 10.2. The third-order valence-corrected chi connectivity index (χ3v) is 6.80. The van der Waals surface area contributed by atoms with E-state index in [-0.39, 0.29) is 33.0 Å². The Morgan fingerprint density at radius 1 is 0.933 bits per heavy atom. The van der Waals surface area contributed by atoms with Crippen molar-refractivity contribution in [2.24, 2.45) is 0 Å². The number of benzene rings is 3. The van der Waals surface area contributed by atoms with E-state index in [0.717, 1.165) is 4.31 Å². The Bertz CT molecular complexity index is 1140. The van der Waals surface area contributed by atoms with Crippen LogP contribution in [0.1, 0.15) is 5.56 Å². The van der Waals surface area contributed by atoms with E-state index in [4.69, 9.17) is 23.2 Å². The van der Waals surface area contributed by atoms with Gasteiger partial charge in [0.05, 0.1) is 20.6 Å². The molecule has 3 aromatic carbocycles. The third kappa shape index (κ3) is 5.11. The fourth-order valence-corrected chi connectivity index (χ4v) is 4.60. The first-order chi connectivity index (χ1) is 14.3. The first-order valence-corrected chi connectivity index (χ1v) is 11.0. The van der Waals surface area contributed by atoms with Crippen molar-refractivity contribution in [1.82, 2.24) is 5.32 Å². The Morgan fingerprint density at radius 3 is 2.27 bits per heavy atom. The zero-order chi connectivity index (χ0) is 21.7. The van der Waals surface area contributed by atoms with Crippen molar-refractivity contribution in [3.63, 3.8) is 0 Å². The molecular formula is C21H17Cl2FN2O3S. The zero-order valence-electron chi connectivity index (χ0n) is 15.6. The molecule has 0 bridgehead atoms. The fourth-order valence-electron chi connectivity index (χ4n) is 2.69. The molecule has 0 saturated heterocycles. The van der Waals surface area contributed by atoms with Gasteiger partial charge in [-0.3, -0.25) is 9.10 Å². The van der Waals surface area contributed by atoms with E-state index in [1.54, 1.807) is 24.3 Å². The number of hydrogen-bond donors (Lipinski definition) is 1. The first kappa shape index (κ1) is 22.1. The van der Waals surface area contributed by atoms with Gasteiger partial charge < -0.3 is 5.32 Å². The van der Waals surface area contributed by atoms with Gasteiger partial charge in [0.1, 0.15) is 12.4 Å². The minimum Gasteiger partial charge on any atom is -0.350 e. The number of halogens is 3. The van der Waals surface area contributed by atoms with E-state index in [1.807, 2.05) is 0 Å². The lowest BCUT2D eigenvalue weighted by Gasteiger charge is -2.25. The molecule has 156 valence electrons. The Morgan fingerprint density at radius 2 is 1.60 bits per heavy atom. The minimum atomic E-state index is -4.10. The van der Waals surface area contributed by atoms with Gasteiger partial charge in [-0.2, -0.15) is 0 Å². The van der Waals surface area contributed by atoms with E-state index in [9.17, 15) is 17.6 Å². The number of nitrogens with one attached hydrogen (secondary N) is 1. The second-order valence-corrected chi connectivity index (χ2v) is 8.95. The molecular weight excluding hydrogens is 450 g/mol. The lowest BCUT2D eigenvalue weighted by Crippen LogP contribution is -2.40. The molecule has 0 spiro atoms. The maximum Gasteiger partial charge on any atom is 0.264 e. The monoisotopic (exact) mass is 466 g/mol. The number of carbonyl (C=O) groups is 1. The predicted octanol–water partition coefficient (Wildman–Crippen LogP) is 4.64. The second-order valence-electron chi connectivity index (χ2n) is 6.30. The van der Waals surface area contributed by atoms with Crippen LogP contribution in [0.15, 0.2) is 77.7 Å². The van der Waals surface area contributed by atoms with Gasteiger partial charge in [0, 0.05) is 6.54 Å². The quantitative estimate of drug-likeness (QED) is 0.551. The molecule has 5 nitrogen and oxygen atoms in total. The summed E-state index contributed by atoms with van der Waals surface area (Å²) in [5.74, 6) is -0.948. The van der Waals surface area contributed by atoms with Crippen molar-refractivity contribution in [3.8, 4) is 0 Å². The summed E-state index contributed by atoms with van der Waals surface area (Å²) in [6.45, 7) is -0.403. The molecule has 0 atom stereocenters. The summed E-state index contributed by atoms with van der Waals surface area (Å²) >= 11 is 12.3. The molecule has 3 rings (SSSR count). The van der Waals surface area contributed by atoms with Gasteiger partial charge in [-0.25, -0.2) is 12.8 Å². The van der Waals surface area contributed by atoms with Crippen molar-refractivity contribution < 1.29 is 17.6 Å². The van der Waals surface area contributed by atoms with Crippen molar-refractivity contribution in [2.45, 2.75) is 11.4 Å². The molecule has 30 heavy (non-hydrogen) atoms. The number of sulfonamides is 1. The highest BCUT2D eigenvalue weighted by atomic mass is 35.5. The Labute approximate surface area is 184 Å². The van der Waals surface area contributed by atoms with Crippen LogP contribution in [-0.4, -0.2) is 20.9 Å². The molecule has 0 fully saturated rings. The average molecular weight is 467 g/mol. The fraction of sp³-hybridized carbons (Fsp3) is 0.0952. The summed E-state index contributed by atoms with van der Waals surface area (Å²) < 4.78 is 40.4. The van der Waals surface area contributed by atoms with Crippen LogP contribution in [0, 0.1) is 5.82 Å². The number of anilines is 1. The molecule has 0 unspecified atom stereocenters. The van der Waals surface area contributed by atoms with Gasteiger partial charge in [-0.15, -0.1) is 0 Å². The summed E-state index contributed by atoms with van der Waals surface area (Å²) in [6, 6.07) is 17.9. The summed E-state index contributed by atoms with van der Waals surface area (Å²) in [7, 11) is -4.10. The normalized spacial score (nSPS) is 11.2. The number of nitrogens with zero attached hydrogens (tertiary/aromatic N) is 1. The molecule has 0 aliphatic rings. The van der Waals surface area contributed by atoms with E-state index in [0.29, 0.717) is 5.56 Å². The number of rotatable bonds is 7. The minimum absolute atomic E-state index is 0.00683. The van der Waals surface area contributed by atoms with Crippen molar-refractivity contribution >= 4 is 44.8 Å². The van der Waals surface area contributed by atoms with Crippen LogP contribution < -0.4 is 9.62 Å². The van der Waals surface area contributed by atoms with Gasteiger partial charge in [-0.1, -0.05) is 59.6 Å². The van der Waals surface area contributed by atoms with Crippen LogP contribution in [0.4, 0.5) is 10.1 Å². The van der Waals surface area contributed by atoms with Crippen LogP contribution in [0.25, 0.3) is 0 Å². The highest BCUT2D eigenvalue weighted by molar-refractivity contribution is 7.92. The van der Waals surface area contributed by atoms with Crippen molar-refractivity contribution in [2.75, 3.05) is 10.8 Å². The maximum atomic E-state index is 13.2. The highest BCUT2D eigenvalue weighted by Gasteiger charge is 2.29. The second kappa shape index (κ2) is 9.47. The van der Waals surface area contributed by atoms with Gasteiger partial charge in [0.25, 0.3) is 10.0 Å². The zero-order valence-corrected chi connectivity index (χ0v) is 17.9. The van der Waals surface area contributed by atoms with Gasteiger partial charge in [0.15, 0.2) is 0 Å². The van der Waals surface area contributed by atoms with Crippen LogP contribution in [0.5, 0.6) is 0 Å². The van der Waals surface area contributed by atoms with E-state index in [1.165, 1.54) is 48.5 Å². The molecule has 3 aromatic rings. The van der Waals surface area contributed by atoms with Crippen LogP contribution in [-0.2, 0) is 21.4 Å². The molecule has 1 amide bonds. The topological polar surface area (TPSA) is 66.5 Å². The summed E-state index contributed by atoms with van der Waals surface area (Å²) in [5, 5.41) is 2.81. The van der Waals surface area contributed by atoms with E-state index < -0.39 is 22.5 Å². The Kier molecular flexibility index (Phi) is 6.97. The number of amides is 1. The molecule has 0 aromatic heterocycles. The number of hydrogen-bond acceptors (Lipinski definition) is 3. The van der Waals surface area contributed by atoms with Gasteiger partial charge in [0.2, 0.25) is 5.91 Å². The largest absolute Gasteiger partial charge is 0.350 e. The van der Waals surface area contributed by atoms with E-state index in [2.05, 4.69) is 5.32 Å². The van der Waals surface area contributed by atoms with Crippen LogP contribution >= 0.6 is 23.2 Å². The number of carbonyl (C=O) groups excluding carboxylic acids is 1. The Hall–Kier alpha value is -2.61. The standard InChI is InChI=1S/C21H17Cl2FN2O3S/c22-18-7-4-8-19(21(18)23)26(30(28,29)17-5-2-1-3-6-17)14-20(27)25-13-15-9-11-16(24)12-10-15/h1-12H,13-14H2,(H,25,27). The summed E-state index contributed by atoms with van der Waals surface area (Å²) in [5.41, 5.74) is 0.757. The van der Waals surface area contributed by atoms with Crippen molar-refractivity contribution in [3.05, 3.63) is 94.2 Å². The van der Waals surface area contributed by atoms with Crippen LogP contribution in [0.3, 0.4) is 0 Å². The summed E-state index contributed by atoms with van der Waals surface area (Å²) in [6.07, 6.45) is 0. The molecule has 0 radical (unpaired) electrons. The van der Waals surface area contributed by atoms with Crippen LogP contribution in [0.2, 0.25) is 10.0 Å². The SMILES string of the molecule is O=C(CN(c1cccc(Cl)c1Cl)S(=O)(=O)c1ccccc1)NCc1ccc(F)cc1. The molecule has 1 N–H and O–H groups in total. The molecule has 0 heterocycles.